The summed E-state index contributed by atoms with van der Waals surface area (Å²) in [4.78, 5) is 29.1. The minimum absolute atomic E-state index is 0.0953. The van der Waals surface area contributed by atoms with E-state index < -0.39 is 5.97 Å². The summed E-state index contributed by atoms with van der Waals surface area (Å²) in [6.45, 7) is 4.60. The molecule has 1 fully saturated rings. The van der Waals surface area contributed by atoms with Crippen molar-refractivity contribution in [3.05, 3.63) is 11.1 Å². The summed E-state index contributed by atoms with van der Waals surface area (Å²) in [7, 11) is 0. The third kappa shape index (κ3) is 2.77. The van der Waals surface area contributed by atoms with Crippen LogP contribution in [-0.4, -0.2) is 58.8 Å². The summed E-state index contributed by atoms with van der Waals surface area (Å²) in [5, 5.41) is 0.100. The van der Waals surface area contributed by atoms with Gasteiger partial charge in [-0.1, -0.05) is 0 Å². The molecule has 2 aromatic heterocycles. The number of rotatable bonds is 3. The Labute approximate surface area is 125 Å². The smallest absolute Gasteiger partial charge is 0.374 e. The number of fused-ring (bicyclic) bond motifs is 1. The van der Waals surface area contributed by atoms with E-state index in [1.54, 1.807) is 6.92 Å². The third-order valence-corrected chi connectivity index (χ3v) is 3.25. The molecule has 9 heteroatoms. The average Bonchev–Trinajstić information content (AvgIpc) is 2.91. The first-order chi connectivity index (χ1) is 10.2. The number of carbonyl (C=O) groups excluding carboxylic acids is 1. The number of hydrogen-bond acceptors (Lipinski definition) is 7. The number of nitrogens with one attached hydrogen (secondary N) is 1. The van der Waals surface area contributed by atoms with Crippen molar-refractivity contribution in [1.29, 1.82) is 0 Å². The second-order valence-corrected chi connectivity index (χ2v) is 4.76. The molecule has 0 amide bonds. The van der Waals surface area contributed by atoms with Crippen LogP contribution in [0.25, 0.3) is 11.2 Å². The predicted molar refractivity (Wildman–Crippen MR) is 75.7 cm³/mol. The number of imidazole rings is 1. The zero-order valence-electron chi connectivity index (χ0n) is 11.4. The zero-order chi connectivity index (χ0) is 14.8. The summed E-state index contributed by atoms with van der Waals surface area (Å²) < 4.78 is 10.2. The lowest BCUT2D eigenvalue weighted by atomic mass is 10.4. The summed E-state index contributed by atoms with van der Waals surface area (Å²) in [6.07, 6.45) is 0. The van der Waals surface area contributed by atoms with Crippen molar-refractivity contribution in [3.8, 4) is 0 Å². The first kappa shape index (κ1) is 14.0. The number of morpholine rings is 1. The SMILES string of the molecule is CCOC(=O)c1nc2c(N3CCOCC3)nc(Cl)nc2[nH]1. The van der Waals surface area contributed by atoms with Crippen LogP contribution in [-0.2, 0) is 9.47 Å². The summed E-state index contributed by atoms with van der Waals surface area (Å²) in [5.74, 6) is 0.164. The van der Waals surface area contributed by atoms with Gasteiger partial charge in [0.1, 0.15) is 0 Å². The maximum Gasteiger partial charge on any atom is 0.374 e. The van der Waals surface area contributed by atoms with Crippen LogP contribution >= 0.6 is 11.6 Å². The van der Waals surface area contributed by atoms with Crippen LogP contribution in [0.2, 0.25) is 5.28 Å². The molecule has 3 heterocycles. The highest BCUT2D eigenvalue weighted by Crippen LogP contribution is 2.24. The Bertz CT molecular complexity index is 668. The molecule has 0 bridgehead atoms. The number of anilines is 1. The molecule has 0 spiro atoms. The molecule has 0 unspecified atom stereocenters. The quantitative estimate of drug-likeness (QED) is 0.668. The molecule has 3 rings (SSSR count). The van der Waals surface area contributed by atoms with Crippen LogP contribution in [0.4, 0.5) is 5.82 Å². The van der Waals surface area contributed by atoms with Gasteiger partial charge >= 0.3 is 5.97 Å². The maximum atomic E-state index is 11.8. The van der Waals surface area contributed by atoms with E-state index in [1.165, 1.54) is 0 Å². The number of carbonyl (C=O) groups is 1. The Balaban J connectivity index is 2.04. The van der Waals surface area contributed by atoms with E-state index in [1.807, 2.05) is 4.90 Å². The second kappa shape index (κ2) is 5.82. The van der Waals surface area contributed by atoms with Gasteiger partial charge in [-0.05, 0) is 18.5 Å². The minimum atomic E-state index is -0.528. The molecular weight excluding hydrogens is 298 g/mol. The van der Waals surface area contributed by atoms with Gasteiger partial charge < -0.3 is 19.4 Å². The Kier molecular flexibility index (Phi) is 3.89. The highest BCUT2D eigenvalue weighted by atomic mass is 35.5. The summed E-state index contributed by atoms with van der Waals surface area (Å²) in [6, 6.07) is 0. The van der Waals surface area contributed by atoms with Gasteiger partial charge in [0.25, 0.3) is 0 Å². The number of hydrogen-bond donors (Lipinski definition) is 1. The minimum Gasteiger partial charge on any atom is -0.460 e. The lowest BCUT2D eigenvalue weighted by Crippen LogP contribution is -2.37. The molecule has 112 valence electrons. The van der Waals surface area contributed by atoms with E-state index in [9.17, 15) is 4.79 Å². The Morgan fingerprint density at radius 3 is 2.86 bits per heavy atom. The van der Waals surface area contributed by atoms with Crippen molar-refractivity contribution < 1.29 is 14.3 Å². The standard InChI is InChI=1S/C12H14ClN5O3/c1-2-21-11(19)9-14-7-8(15-9)16-12(13)17-10(7)18-3-5-20-6-4-18/h2-6H2,1H3,(H,14,15,16,17). The second-order valence-electron chi connectivity index (χ2n) is 4.42. The maximum absolute atomic E-state index is 11.8. The fourth-order valence-electron chi connectivity index (χ4n) is 2.15. The molecule has 0 aromatic carbocycles. The topological polar surface area (TPSA) is 93.2 Å². The first-order valence-corrected chi connectivity index (χ1v) is 7.00. The average molecular weight is 312 g/mol. The number of halogens is 1. The van der Waals surface area contributed by atoms with Gasteiger partial charge in [0.05, 0.1) is 19.8 Å². The van der Waals surface area contributed by atoms with Crippen molar-refractivity contribution in [2.75, 3.05) is 37.8 Å². The van der Waals surface area contributed by atoms with Crippen LogP contribution in [0.1, 0.15) is 17.5 Å². The Hall–Kier alpha value is -1.93. The molecule has 1 N–H and O–H groups in total. The predicted octanol–water partition coefficient (Wildman–Crippen LogP) is 1.02. The molecule has 1 aliphatic heterocycles. The molecule has 21 heavy (non-hydrogen) atoms. The third-order valence-electron chi connectivity index (χ3n) is 3.08. The molecular formula is C12H14ClN5O3. The van der Waals surface area contributed by atoms with Crippen LogP contribution < -0.4 is 4.90 Å². The Morgan fingerprint density at radius 2 is 2.14 bits per heavy atom. The molecule has 1 aliphatic rings. The molecule has 0 atom stereocenters. The lowest BCUT2D eigenvalue weighted by molar-refractivity contribution is 0.0513. The number of aromatic amines is 1. The van der Waals surface area contributed by atoms with Crippen molar-refractivity contribution >= 4 is 34.6 Å². The lowest BCUT2D eigenvalue weighted by Gasteiger charge is -2.27. The van der Waals surface area contributed by atoms with Crippen molar-refractivity contribution in [2.45, 2.75) is 6.92 Å². The van der Waals surface area contributed by atoms with Crippen molar-refractivity contribution in [3.63, 3.8) is 0 Å². The number of nitrogens with zero attached hydrogens (tertiary/aromatic N) is 4. The van der Waals surface area contributed by atoms with E-state index in [-0.39, 0.29) is 17.7 Å². The van der Waals surface area contributed by atoms with Crippen LogP contribution in [0.3, 0.4) is 0 Å². The normalized spacial score (nSPS) is 15.4. The number of ether oxygens (including phenoxy) is 2. The van der Waals surface area contributed by atoms with Gasteiger partial charge in [-0.25, -0.2) is 9.78 Å². The highest BCUT2D eigenvalue weighted by molar-refractivity contribution is 6.28. The molecule has 8 nitrogen and oxygen atoms in total. The summed E-state index contributed by atoms with van der Waals surface area (Å²) >= 11 is 5.95. The van der Waals surface area contributed by atoms with E-state index in [2.05, 4.69) is 19.9 Å². The molecule has 1 saturated heterocycles. The van der Waals surface area contributed by atoms with Gasteiger partial charge in [0.2, 0.25) is 11.1 Å². The number of esters is 1. The zero-order valence-corrected chi connectivity index (χ0v) is 12.2. The van der Waals surface area contributed by atoms with Crippen LogP contribution in [0.5, 0.6) is 0 Å². The molecule has 0 aliphatic carbocycles. The molecule has 0 radical (unpaired) electrons. The highest BCUT2D eigenvalue weighted by Gasteiger charge is 2.22. The van der Waals surface area contributed by atoms with E-state index in [4.69, 9.17) is 21.1 Å². The van der Waals surface area contributed by atoms with Crippen LogP contribution in [0, 0.1) is 0 Å². The fraction of sp³-hybridized carbons (Fsp3) is 0.500. The van der Waals surface area contributed by atoms with Crippen molar-refractivity contribution in [1.82, 2.24) is 19.9 Å². The number of H-pyrrole nitrogens is 1. The van der Waals surface area contributed by atoms with Gasteiger partial charge in [0, 0.05) is 13.1 Å². The van der Waals surface area contributed by atoms with Gasteiger partial charge in [0.15, 0.2) is 17.0 Å². The summed E-state index contributed by atoms with van der Waals surface area (Å²) in [5.41, 5.74) is 0.920. The monoisotopic (exact) mass is 311 g/mol. The van der Waals surface area contributed by atoms with Gasteiger partial charge in [-0.2, -0.15) is 9.97 Å². The van der Waals surface area contributed by atoms with E-state index in [0.29, 0.717) is 43.3 Å². The van der Waals surface area contributed by atoms with E-state index in [0.717, 1.165) is 0 Å². The van der Waals surface area contributed by atoms with Crippen LogP contribution in [0.15, 0.2) is 0 Å². The van der Waals surface area contributed by atoms with Gasteiger partial charge in [-0.3, -0.25) is 0 Å². The fourth-order valence-corrected chi connectivity index (χ4v) is 2.31. The molecule has 0 saturated carbocycles. The van der Waals surface area contributed by atoms with Gasteiger partial charge in [-0.15, -0.1) is 0 Å². The Morgan fingerprint density at radius 1 is 1.38 bits per heavy atom. The van der Waals surface area contributed by atoms with Crippen molar-refractivity contribution in [2.24, 2.45) is 0 Å². The number of aromatic nitrogens is 4. The first-order valence-electron chi connectivity index (χ1n) is 6.62. The van der Waals surface area contributed by atoms with E-state index >= 15 is 0 Å². The molecule has 2 aromatic rings. The largest absolute Gasteiger partial charge is 0.460 e.